The minimum atomic E-state index is 0.802. The van der Waals surface area contributed by atoms with Crippen molar-refractivity contribution in [2.75, 3.05) is 0 Å². The largest absolute Gasteiger partial charge is 0.113 e. The van der Waals surface area contributed by atoms with E-state index in [0.29, 0.717) is 0 Å². The van der Waals surface area contributed by atoms with Crippen LogP contribution in [0, 0.1) is 0 Å². The molecule has 0 aromatic heterocycles. The Labute approximate surface area is 151 Å². The lowest BCUT2D eigenvalue weighted by Gasteiger charge is -2.17. The summed E-state index contributed by atoms with van der Waals surface area (Å²) in [4.78, 5) is 0. The monoisotopic (exact) mass is 318 g/mol. The fourth-order valence-corrected chi connectivity index (χ4v) is 3.44. The van der Waals surface area contributed by atoms with Crippen LogP contribution in [-0.2, 0) is 0 Å². The van der Waals surface area contributed by atoms with Gasteiger partial charge in [-0.1, -0.05) is 96.5 Å². The average molecular weight is 318 g/mol. The first-order valence-electron chi connectivity index (χ1n) is 8.74. The lowest BCUT2D eigenvalue weighted by atomic mass is 9.84. The first-order valence-corrected chi connectivity index (χ1v) is 8.74. The molecule has 0 N–H and O–H groups in total. The predicted octanol–water partition coefficient (Wildman–Crippen LogP) is 5.55. The van der Waals surface area contributed by atoms with E-state index >= 15 is 0 Å². The third-order valence-electron chi connectivity index (χ3n) is 4.65. The number of benzene rings is 3. The summed E-state index contributed by atoms with van der Waals surface area (Å²) in [6.07, 6.45) is 8.96. The van der Waals surface area contributed by atoms with Crippen LogP contribution in [0.15, 0.2) is 91.0 Å². The molecule has 1 aliphatic rings. The quantitative estimate of drug-likeness (QED) is 0.556. The van der Waals surface area contributed by atoms with Crippen LogP contribution in [0.25, 0.3) is 27.8 Å². The molecular weight excluding hydrogens is 299 g/mol. The van der Waals surface area contributed by atoms with E-state index in [0.717, 1.165) is 18.3 Å². The van der Waals surface area contributed by atoms with Crippen LogP contribution in [0.5, 0.6) is 0 Å². The molecule has 118 valence electrons. The van der Waals surface area contributed by atoms with Crippen LogP contribution in [-0.4, -0.2) is 7.85 Å². The topological polar surface area (TPSA) is 0 Å². The van der Waals surface area contributed by atoms with Gasteiger partial charge in [0.1, 0.15) is 7.85 Å². The normalized spacial score (nSPS) is 13.5. The number of hydrogen-bond acceptors (Lipinski definition) is 0. The molecule has 0 amide bonds. The van der Waals surface area contributed by atoms with Crippen molar-refractivity contribution >= 4 is 18.9 Å². The standard InChI is InChI=1S/C24H19B/c25-20-15-16-23(24(17-20)19-11-5-2-6-12-19)22-14-8-7-13-21(22)18-9-3-1-4-10-18/h1,3-5,7-17H,2,6H2. The highest BCUT2D eigenvalue weighted by molar-refractivity contribution is 6.32. The molecule has 0 aliphatic heterocycles. The molecule has 2 radical (unpaired) electrons. The summed E-state index contributed by atoms with van der Waals surface area (Å²) in [6, 6.07) is 25.4. The molecule has 0 saturated heterocycles. The molecule has 0 saturated carbocycles. The van der Waals surface area contributed by atoms with Crippen molar-refractivity contribution in [1.82, 2.24) is 0 Å². The van der Waals surface area contributed by atoms with Crippen molar-refractivity contribution < 1.29 is 0 Å². The van der Waals surface area contributed by atoms with E-state index < -0.39 is 0 Å². The van der Waals surface area contributed by atoms with Gasteiger partial charge < -0.3 is 0 Å². The fourth-order valence-electron chi connectivity index (χ4n) is 3.44. The van der Waals surface area contributed by atoms with Gasteiger partial charge in [-0.2, -0.15) is 0 Å². The molecule has 0 unspecified atom stereocenters. The van der Waals surface area contributed by atoms with E-state index in [4.69, 9.17) is 7.85 Å². The third-order valence-corrected chi connectivity index (χ3v) is 4.65. The van der Waals surface area contributed by atoms with Gasteiger partial charge in [0.2, 0.25) is 0 Å². The zero-order valence-electron chi connectivity index (χ0n) is 14.2. The smallest absolute Gasteiger partial charge is 0.0960 e. The lowest BCUT2D eigenvalue weighted by Crippen LogP contribution is -2.04. The summed E-state index contributed by atoms with van der Waals surface area (Å²) in [7, 11) is 6.11. The highest BCUT2D eigenvalue weighted by Crippen LogP contribution is 2.36. The lowest BCUT2D eigenvalue weighted by molar-refractivity contribution is 1.04. The maximum absolute atomic E-state index is 6.11. The first kappa shape index (κ1) is 15.7. The van der Waals surface area contributed by atoms with Crippen molar-refractivity contribution in [3.8, 4) is 22.3 Å². The van der Waals surface area contributed by atoms with Gasteiger partial charge in [-0.05, 0) is 46.2 Å². The van der Waals surface area contributed by atoms with E-state index in [1.807, 2.05) is 6.07 Å². The van der Waals surface area contributed by atoms with E-state index in [-0.39, 0.29) is 0 Å². The van der Waals surface area contributed by atoms with Gasteiger partial charge in [0.25, 0.3) is 0 Å². The predicted molar refractivity (Wildman–Crippen MR) is 109 cm³/mol. The highest BCUT2D eigenvalue weighted by atomic mass is 14.2. The summed E-state index contributed by atoms with van der Waals surface area (Å²) in [5, 5.41) is 0. The summed E-state index contributed by atoms with van der Waals surface area (Å²) in [6.45, 7) is 0. The molecule has 1 aliphatic carbocycles. The Morgan fingerprint density at radius 3 is 2.12 bits per heavy atom. The van der Waals surface area contributed by atoms with Crippen LogP contribution in [0.3, 0.4) is 0 Å². The van der Waals surface area contributed by atoms with Gasteiger partial charge in [-0.25, -0.2) is 0 Å². The second kappa shape index (κ2) is 6.98. The van der Waals surface area contributed by atoms with Crippen LogP contribution < -0.4 is 5.46 Å². The van der Waals surface area contributed by atoms with E-state index in [1.54, 1.807) is 0 Å². The fraction of sp³-hybridized carbons (Fsp3) is 0.0833. The SMILES string of the molecule is [B]c1ccc(-c2ccccc2-c2ccccc2)c(C2=CCCC=C2)c1. The Bertz CT molecular complexity index is 949. The molecule has 0 fully saturated rings. The number of allylic oxidation sites excluding steroid dienone is 4. The molecule has 3 aromatic rings. The summed E-state index contributed by atoms with van der Waals surface area (Å²) < 4.78 is 0. The van der Waals surface area contributed by atoms with Gasteiger partial charge in [-0.3, -0.25) is 0 Å². The van der Waals surface area contributed by atoms with Crippen molar-refractivity contribution in [3.05, 3.63) is 96.6 Å². The van der Waals surface area contributed by atoms with Crippen LogP contribution in [0.4, 0.5) is 0 Å². The molecule has 0 spiro atoms. The van der Waals surface area contributed by atoms with Gasteiger partial charge in [-0.15, -0.1) is 0 Å². The molecule has 25 heavy (non-hydrogen) atoms. The minimum absolute atomic E-state index is 0.802. The molecular formula is C24H19B. The van der Waals surface area contributed by atoms with Crippen LogP contribution in [0.1, 0.15) is 18.4 Å². The molecule has 1 heteroatoms. The maximum atomic E-state index is 6.11. The zero-order chi connectivity index (χ0) is 17.1. The molecule has 0 atom stereocenters. The van der Waals surface area contributed by atoms with Gasteiger partial charge in [0.05, 0.1) is 0 Å². The zero-order valence-corrected chi connectivity index (χ0v) is 14.2. The Hall–Kier alpha value is -2.80. The molecule has 0 bridgehead atoms. The average Bonchev–Trinajstić information content (AvgIpc) is 2.69. The molecule has 0 heterocycles. The van der Waals surface area contributed by atoms with Crippen molar-refractivity contribution in [2.45, 2.75) is 12.8 Å². The Morgan fingerprint density at radius 1 is 0.640 bits per heavy atom. The summed E-state index contributed by atoms with van der Waals surface area (Å²) in [5.74, 6) is 0. The Balaban J connectivity index is 1.92. The summed E-state index contributed by atoms with van der Waals surface area (Å²) >= 11 is 0. The van der Waals surface area contributed by atoms with Crippen molar-refractivity contribution in [1.29, 1.82) is 0 Å². The van der Waals surface area contributed by atoms with E-state index in [1.165, 1.54) is 33.4 Å². The van der Waals surface area contributed by atoms with Crippen molar-refractivity contribution in [2.24, 2.45) is 0 Å². The minimum Gasteiger partial charge on any atom is -0.0960 e. The Kier molecular flexibility index (Phi) is 4.39. The van der Waals surface area contributed by atoms with Crippen LogP contribution in [0.2, 0.25) is 0 Å². The van der Waals surface area contributed by atoms with Crippen molar-refractivity contribution in [3.63, 3.8) is 0 Å². The van der Waals surface area contributed by atoms with Gasteiger partial charge in [0, 0.05) is 0 Å². The molecule has 0 nitrogen and oxygen atoms in total. The molecule has 4 rings (SSSR count). The molecule has 3 aromatic carbocycles. The van der Waals surface area contributed by atoms with Gasteiger partial charge >= 0.3 is 0 Å². The number of rotatable bonds is 3. The second-order valence-electron chi connectivity index (χ2n) is 6.36. The first-order chi connectivity index (χ1) is 12.3. The van der Waals surface area contributed by atoms with E-state index in [2.05, 4.69) is 85.0 Å². The third kappa shape index (κ3) is 3.23. The Morgan fingerprint density at radius 2 is 1.36 bits per heavy atom. The second-order valence-corrected chi connectivity index (χ2v) is 6.36. The number of hydrogen-bond donors (Lipinski definition) is 0. The maximum Gasteiger partial charge on any atom is 0.113 e. The highest BCUT2D eigenvalue weighted by Gasteiger charge is 2.13. The summed E-state index contributed by atoms with van der Waals surface area (Å²) in [5.41, 5.74) is 8.21. The van der Waals surface area contributed by atoms with Gasteiger partial charge in [0.15, 0.2) is 0 Å². The van der Waals surface area contributed by atoms with E-state index in [9.17, 15) is 0 Å². The van der Waals surface area contributed by atoms with Crippen LogP contribution >= 0.6 is 0 Å².